The minimum absolute atomic E-state index is 0.783. The number of rotatable bonds is 3. The first kappa shape index (κ1) is 8.12. The van der Waals surface area contributed by atoms with E-state index in [2.05, 4.69) is 17.8 Å². The molecular weight excluding hydrogens is 108 g/mol. The quantitative estimate of drug-likeness (QED) is 0.394. The van der Waals surface area contributed by atoms with E-state index in [-0.39, 0.29) is 0 Å². The summed E-state index contributed by atoms with van der Waals surface area (Å²) in [6.45, 7) is 1.85. The molecule has 0 unspecified atom stereocenters. The first-order valence-electron chi connectivity index (χ1n) is 3.21. The Bertz CT molecular complexity index is 138. The van der Waals surface area contributed by atoms with Gasteiger partial charge in [-0.05, 0) is 26.2 Å². The molecule has 0 rings (SSSR count). The molecule has 0 saturated heterocycles. The van der Waals surface area contributed by atoms with Crippen LogP contribution in [0.1, 0.15) is 32.6 Å². The molecule has 0 aromatic heterocycles. The number of unbranched alkanes of at least 4 members (excludes halogenated alkanes) is 3. The van der Waals surface area contributed by atoms with E-state index < -0.39 is 0 Å². The van der Waals surface area contributed by atoms with Gasteiger partial charge in [0, 0.05) is 12.8 Å². The molecule has 9 heavy (non-hydrogen) atoms. The molecule has 0 aromatic carbocycles. The van der Waals surface area contributed by atoms with Crippen LogP contribution in [0, 0.1) is 24.2 Å². The van der Waals surface area contributed by atoms with E-state index in [4.69, 9.17) is 6.42 Å². The van der Waals surface area contributed by atoms with Crippen molar-refractivity contribution in [2.75, 3.05) is 0 Å². The lowest BCUT2D eigenvalue weighted by atomic mass is 10.2. The Hall–Kier alpha value is -0.880. The molecule has 0 aliphatic carbocycles. The zero-order valence-corrected chi connectivity index (χ0v) is 5.83. The highest BCUT2D eigenvalue weighted by Gasteiger charge is 1.80. The Balaban J connectivity index is 2.91. The highest BCUT2D eigenvalue weighted by molar-refractivity contribution is 4.94. The van der Waals surface area contributed by atoms with Gasteiger partial charge in [0.1, 0.15) is 0 Å². The predicted octanol–water partition coefficient (Wildman–Crippen LogP) is 2.16. The topological polar surface area (TPSA) is 0 Å². The van der Waals surface area contributed by atoms with E-state index in [9.17, 15) is 0 Å². The standard InChI is InChI=1S/C9H11/c1-3-5-7-9-8-6-4-2/h6-9H2,1H3. The molecule has 0 heteroatoms. The summed E-state index contributed by atoms with van der Waals surface area (Å²) in [4.78, 5) is 0. The van der Waals surface area contributed by atoms with Gasteiger partial charge in [-0.15, -0.1) is 11.8 Å². The average Bonchev–Trinajstić information content (AvgIpc) is 1.89. The van der Waals surface area contributed by atoms with Crippen molar-refractivity contribution >= 4 is 0 Å². The van der Waals surface area contributed by atoms with Gasteiger partial charge in [-0.3, -0.25) is 0 Å². The molecule has 0 fully saturated rings. The van der Waals surface area contributed by atoms with Crippen molar-refractivity contribution in [1.82, 2.24) is 0 Å². The molecule has 1 radical (unpaired) electrons. The summed E-state index contributed by atoms with van der Waals surface area (Å²) >= 11 is 0. The van der Waals surface area contributed by atoms with Crippen molar-refractivity contribution < 1.29 is 0 Å². The Morgan fingerprint density at radius 3 is 2.44 bits per heavy atom. The van der Waals surface area contributed by atoms with Gasteiger partial charge < -0.3 is 0 Å². The van der Waals surface area contributed by atoms with Crippen LogP contribution in [0.15, 0.2) is 0 Å². The van der Waals surface area contributed by atoms with Crippen LogP contribution in [0.2, 0.25) is 0 Å². The maximum Gasteiger partial charge on any atom is 0.00992 e. The Labute approximate surface area is 57.7 Å². The van der Waals surface area contributed by atoms with Crippen molar-refractivity contribution in [2.24, 2.45) is 0 Å². The number of hydrogen-bond acceptors (Lipinski definition) is 0. The average molecular weight is 119 g/mol. The molecule has 0 aliphatic heterocycles. The van der Waals surface area contributed by atoms with E-state index in [0.29, 0.717) is 0 Å². The zero-order valence-electron chi connectivity index (χ0n) is 5.83. The summed E-state index contributed by atoms with van der Waals surface area (Å²) in [6, 6.07) is 0. The van der Waals surface area contributed by atoms with Crippen LogP contribution in [-0.4, -0.2) is 0 Å². The normalized spacial score (nSPS) is 7.11. The van der Waals surface area contributed by atoms with E-state index in [1.807, 2.05) is 6.92 Å². The molecule has 0 saturated carbocycles. The van der Waals surface area contributed by atoms with Crippen LogP contribution in [-0.2, 0) is 0 Å². The van der Waals surface area contributed by atoms with Gasteiger partial charge in [-0.1, -0.05) is 5.92 Å². The van der Waals surface area contributed by atoms with Gasteiger partial charge in [-0.25, -0.2) is 0 Å². The summed E-state index contributed by atoms with van der Waals surface area (Å²) in [6.07, 6.45) is 10.5. The van der Waals surface area contributed by atoms with Crippen molar-refractivity contribution in [3.8, 4) is 17.8 Å². The van der Waals surface area contributed by atoms with Crippen molar-refractivity contribution in [1.29, 1.82) is 0 Å². The molecular formula is C9H11. The molecule has 0 nitrogen and oxygen atoms in total. The fourth-order valence-corrected chi connectivity index (χ4v) is 0.552. The van der Waals surface area contributed by atoms with Crippen LogP contribution in [0.4, 0.5) is 0 Å². The third-order valence-corrected chi connectivity index (χ3v) is 1.03. The van der Waals surface area contributed by atoms with Gasteiger partial charge >= 0.3 is 0 Å². The maximum absolute atomic E-state index is 6.60. The molecule has 0 atom stereocenters. The smallest absolute Gasteiger partial charge is 0.00992 e. The van der Waals surface area contributed by atoms with E-state index in [1.165, 1.54) is 0 Å². The zero-order chi connectivity index (χ0) is 6.95. The molecule has 47 valence electrons. The van der Waals surface area contributed by atoms with Gasteiger partial charge in [-0.2, -0.15) is 0 Å². The second kappa shape index (κ2) is 7.12. The minimum Gasteiger partial charge on any atom is -0.107 e. The monoisotopic (exact) mass is 119 g/mol. The molecule has 0 amide bonds. The molecule has 0 heterocycles. The summed E-state index contributed by atoms with van der Waals surface area (Å²) in [5.41, 5.74) is 0. The number of hydrogen-bond donors (Lipinski definition) is 0. The Morgan fingerprint density at radius 1 is 1.22 bits per heavy atom. The molecule has 0 aromatic rings. The highest BCUT2D eigenvalue weighted by Crippen LogP contribution is 1.96. The van der Waals surface area contributed by atoms with E-state index in [1.54, 1.807) is 0 Å². The van der Waals surface area contributed by atoms with Crippen molar-refractivity contribution in [3.05, 3.63) is 6.42 Å². The van der Waals surface area contributed by atoms with Crippen LogP contribution in [0.5, 0.6) is 0 Å². The first-order valence-corrected chi connectivity index (χ1v) is 3.21. The second-order valence-corrected chi connectivity index (χ2v) is 1.81. The predicted molar refractivity (Wildman–Crippen MR) is 39.0 cm³/mol. The third-order valence-electron chi connectivity index (χ3n) is 1.03. The maximum atomic E-state index is 6.60. The molecule has 0 N–H and O–H groups in total. The second-order valence-electron chi connectivity index (χ2n) is 1.81. The summed E-state index contributed by atoms with van der Waals surface area (Å²) in [7, 11) is 0. The largest absolute Gasteiger partial charge is 0.107 e. The molecule has 0 aliphatic rings. The highest BCUT2D eigenvalue weighted by atomic mass is 13.8. The Morgan fingerprint density at radius 2 is 1.89 bits per heavy atom. The van der Waals surface area contributed by atoms with Gasteiger partial charge in [0.2, 0.25) is 0 Å². The third kappa shape index (κ3) is 7.12. The fourth-order valence-electron chi connectivity index (χ4n) is 0.552. The lowest BCUT2D eigenvalue weighted by Crippen LogP contribution is -1.71. The van der Waals surface area contributed by atoms with Gasteiger partial charge in [0.15, 0.2) is 0 Å². The van der Waals surface area contributed by atoms with Crippen LogP contribution < -0.4 is 0 Å². The van der Waals surface area contributed by atoms with E-state index in [0.717, 1.165) is 25.7 Å². The summed E-state index contributed by atoms with van der Waals surface area (Å²) in [5.74, 6) is 8.14. The SMILES string of the molecule is [C]#CCCCCC#CC. The van der Waals surface area contributed by atoms with E-state index >= 15 is 0 Å². The fraction of sp³-hybridized carbons (Fsp3) is 0.556. The van der Waals surface area contributed by atoms with Crippen molar-refractivity contribution in [2.45, 2.75) is 32.6 Å². The minimum atomic E-state index is 0.783. The van der Waals surface area contributed by atoms with Crippen LogP contribution >= 0.6 is 0 Å². The summed E-state index contributed by atoms with van der Waals surface area (Å²) in [5, 5.41) is 0. The van der Waals surface area contributed by atoms with Gasteiger partial charge in [0.25, 0.3) is 0 Å². The first-order chi connectivity index (χ1) is 4.41. The van der Waals surface area contributed by atoms with Crippen molar-refractivity contribution in [3.63, 3.8) is 0 Å². The van der Waals surface area contributed by atoms with Crippen LogP contribution in [0.25, 0.3) is 0 Å². The molecule has 0 spiro atoms. The van der Waals surface area contributed by atoms with Crippen LogP contribution in [0.3, 0.4) is 0 Å². The van der Waals surface area contributed by atoms with Gasteiger partial charge in [0.05, 0.1) is 0 Å². The Kier molecular flexibility index (Phi) is 6.42. The molecule has 0 bridgehead atoms. The lowest BCUT2D eigenvalue weighted by Gasteiger charge is -1.86. The lowest BCUT2D eigenvalue weighted by molar-refractivity contribution is 0.782. The summed E-state index contributed by atoms with van der Waals surface area (Å²) < 4.78 is 0.